The Labute approximate surface area is 264 Å². The highest BCUT2D eigenvalue weighted by molar-refractivity contribution is 5.92. The molecule has 1 aromatic heterocycles. The summed E-state index contributed by atoms with van der Waals surface area (Å²) in [6.45, 7) is 6.58. The Kier molecular flexibility index (Phi) is 12.2. The molecule has 1 fully saturated rings. The topological polar surface area (TPSA) is 104 Å². The van der Waals surface area contributed by atoms with Gasteiger partial charge < -0.3 is 9.64 Å². The van der Waals surface area contributed by atoms with Crippen LogP contribution >= 0.6 is 0 Å². The van der Waals surface area contributed by atoms with Crippen molar-refractivity contribution in [1.82, 2.24) is 19.2 Å². The van der Waals surface area contributed by atoms with Crippen molar-refractivity contribution < 1.29 is 18.7 Å². The highest BCUT2D eigenvalue weighted by Crippen LogP contribution is 2.20. The van der Waals surface area contributed by atoms with Gasteiger partial charge in [0.05, 0.1) is 24.8 Å². The van der Waals surface area contributed by atoms with Gasteiger partial charge in [-0.25, -0.2) is 9.18 Å². The number of nitrogens with zero attached hydrogens (tertiary/aromatic N) is 4. The molecule has 0 bridgehead atoms. The first-order valence-corrected chi connectivity index (χ1v) is 16.2. The van der Waals surface area contributed by atoms with Crippen LogP contribution in [0.5, 0.6) is 0 Å². The summed E-state index contributed by atoms with van der Waals surface area (Å²) < 4.78 is 21.5. The number of esters is 1. The normalized spacial score (nSPS) is 14.8. The Balaban J connectivity index is 1.51. The number of amides is 1. The van der Waals surface area contributed by atoms with Crippen LogP contribution < -0.4 is 11.2 Å². The lowest BCUT2D eigenvalue weighted by Crippen LogP contribution is -2.49. The van der Waals surface area contributed by atoms with Gasteiger partial charge in [0.15, 0.2) is 0 Å². The Morgan fingerprint density at radius 3 is 2.40 bits per heavy atom. The average Bonchev–Trinajstić information content (AvgIpc) is 3.03. The monoisotopic (exact) mass is 620 g/mol. The molecule has 2 aromatic carbocycles. The minimum Gasteiger partial charge on any atom is -0.465 e. The van der Waals surface area contributed by atoms with Gasteiger partial charge in [-0.15, -0.1) is 0 Å². The number of benzene rings is 2. The maximum absolute atomic E-state index is 14.0. The molecular weight excluding hydrogens is 575 g/mol. The SMILES string of the molecule is CCCCCCCCCCOC(=O)C1CCCN(C(=O)c2nn(-c3ccc(C)c(C)c3)c(=O)n(Cc3cccc(F)c3)c2=O)C1. The van der Waals surface area contributed by atoms with Gasteiger partial charge in [0.25, 0.3) is 11.5 Å². The van der Waals surface area contributed by atoms with E-state index >= 15 is 0 Å². The number of hydrogen-bond acceptors (Lipinski definition) is 6. The number of unbranched alkanes of at least 4 members (excludes halogenated alkanes) is 7. The first kappa shape index (κ1) is 33.8. The zero-order valence-corrected chi connectivity index (χ0v) is 26.7. The van der Waals surface area contributed by atoms with Gasteiger partial charge in [0, 0.05) is 13.1 Å². The van der Waals surface area contributed by atoms with Gasteiger partial charge in [0.1, 0.15) is 5.82 Å². The summed E-state index contributed by atoms with van der Waals surface area (Å²) in [5.41, 5.74) is 0.649. The van der Waals surface area contributed by atoms with Gasteiger partial charge in [-0.3, -0.25) is 19.0 Å². The molecule has 1 aliphatic rings. The molecule has 1 atom stereocenters. The molecule has 45 heavy (non-hydrogen) atoms. The average molecular weight is 621 g/mol. The minimum atomic E-state index is -0.867. The first-order valence-electron chi connectivity index (χ1n) is 16.2. The summed E-state index contributed by atoms with van der Waals surface area (Å²) in [5.74, 6) is -2.01. The quantitative estimate of drug-likeness (QED) is 0.168. The van der Waals surface area contributed by atoms with E-state index in [2.05, 4.69) is 12.0 Å². The van der Waals surface area contributed by atoms with Crippen molar-refractivity contribution in [2.24, 2.45) is 5.92 Å². The van der Waals surface area contributed by atoms with Gasteiger partial charge in [-0.2, -0.15) is 9.78 Å². The molecule has 9 nitrogen and oxygen atoms in total. The number of carbonyl (C=O) groups excluding carboxylic acids is 2. The number of hydrogen-bond donors (Lipinski definition) is 0. The molecule has 1 saturated heterocycles. The van der Waals surface area contributed by atoms with Gasteiger partial charge in [-0.1, -0.05) is 70.1 Å². The number of aryl methyl sites for hydroxylation is 2. The molecule has 2 heterocycles. The molecule has 242 valence electrons. The minimum absolute atomic E-state index is 0.100. The third-order valence-corrected chi connectivity index (χ3v) is 8.51. The van der Waals surface area contributed by atoms with Crippen LogP contribution in [0, 0.1) is 25.6 Å². The Hall–Kier alpha value is -4.08. The Morgan fingerprint density at radius 2 is 1.69 bits per heavy atom. The molecule has 0 spiro atoms. The molecule has 10 heteroatoms. The summed E-state index contributed by atoms with van der Waals surface area (Å²) in [4.78, 5) is 55.4. The summed E-state index contributed by atoms with van der Waals surface area (Å²) in [6, 6.07) is 10.9. The summed E-state index contributed by atoms with van der Waals surface area (Å²) >= 11 is 0. The molecular formula is C35H45FN4O5. The van der Waals surface area contributed by atoms with E-state index in [1.807, 2.05) is 19.9 Å². The van der Waals surface area contributed by atoms with Crippen molar-refractivity contribution in [2.45, 2.75) is 91.5 Å². The fourth-order valence-electron chi connectivity index (χ4n) is 5.66. The van der Waals surface area contributed by atoms with Crippen LogP contribution in [0.15, 0.2) is 52.1 Å². The van der Waals surface area contributed by atoms with Crippen molar-refractivity contribution >= 4 is 11.9 Å². The Morgan fingerprint density at radius 1 is 0.956 bits per heavy atom. The van der Waals surface area contributed by atoms with E-state index in [9.17, 15) is 23.6 Å². The maximum atomic E-state index is 14.0. The highest BCUT2D eigenvalue weighted by Gasteiger charge is 2.32. The van der Waals surface area contributed by atoms with Crippen LogP contribution in [0.2, 0.25) is 0 Å². The lowest BCUT2D eigenvalue weighted by Gasteiger charge is -2.31. The van der Waals surface area contributed by atoms with Crippen molar-refractivity contribution in [1.29, 1.82) is 0 Å². The number of aromatic nitrogens is 3. The van der Waals surface area contributed by atoms with E-state index in [0.717, 1.165) is 39.6 Å². The van der Waals surface area contributed by atoms with E-state index in [1.54, 1.807) is 18.2 Å². The zero-order valence-electron chi connectivity index (χ0n) is 26.7. The molecule has 1 aliphatic heterocycles. The van der Waals surface area contributed by atoms with E-state index in [0.29, 0.717) is 37.2 Å². The zero-order chi connectivity index (χ0) is 32.3. The molecule has 0 radical (unpaired) electrons. The van der Waals surface area contributed by atoms with Crippen LogP contribution in [0.1, 0.15) is 98.3 Å². The number of piperidine rings is 1. The molecule has 1 amide bonds. The number of ether oxygens (including phenoxy) is 1. The van der Waals surface area contributed by atoms with Gasteiger partial charge in [0.2, 0.25) is 5.69 Å². The van der Waals surface area contributed by atoms with Crippen molar-refractivity contribution in [3.8, 4) is 5.69 Å². The third kappa shape index (κ3) is 8.99. The fraction of sp³-hybridized carbons (Fsp3) is 0.514. The van der Waals surface area contributed by atoms with E-state index in [4.69, 9.17) is 4.74 Å². The highest BCUT2D eigenvalue weighted by atomic mass is 19.1. The van der Waals surface area contributed by atoms with Crippen LogP contribution in [0.3, 0.4) is 0 Å². The number of halogens is 1. The lowest BCUT2D eigenvalue weighted by molar-refractivity contribution is -0.150. The van der Waals surface area contributed by atoms with Crippen LogP contribution in [0.4, 0.5) is 4.39 Å². The molecule has 4 rings (SSSR count). The lowest BCUT2D eigenvalue weighted by atomic mass is 9.98. The van der Waals surface area contributed by atoms with E-state index < -0.39 is 34.6 Å². The fourth-order valence-corrected chi connectivity index (χ4v) is 5.66. The number of carbonyl (C=O) groups is 2. The molecule has 0 saturated carbocycles. The summed E-state index contributed by atoms with van der Waals surface area (Å²) in [7, 11) is 0. The predicted molar refractivity (Wildman–Crippen MR) is 171 cm³/mol. The maximum Gasteiger partial charge on any atom is 0.352 e. The van der Waals surface area contributed by atoms with Crippen LogP contribution in [-0.2, 0) is 16.1 Å². The van der Waals surface area contributed by atoms with Crippen LogP contribution in [-0.4, -0.2) is 50.8 Å². The summed E-state index contributed by atoms with van der Waals surface area (Å²) in [5, 5.41) is 4.27. The van der Waals surface area contributed by atoms with Gasteiger partial charge >= 0.3 is 11.7 Å². The van der Waals surface area contributed by atoms with Crippen molar-refractivity contribution in [3.63, 3.8) is 0 Å². The van der Waals surface area contributed by atoms with Crippen molar-refractivity contribution in [2.75, 3.05) is 19.7 Å². The molecule has 0 aliphatic carbocycles. The second-order valence-electron chi connectivity index (χ2n) is 12.1. The van der Waals surface area contributed by atoms with Crippen molar-refractivity contribution in [3.05, 3.63) is 91.5 Å². The smallest absolute Gasteiger partial charge is 0.352 e. The number of rotatable bonds is 14. The second-order valence-corrected chi connectivity index (χ2v) is 12.1. The predicted octanol–water partition coefficient (Wildman–Crippen LogP) is 5.73. The largest absolute Gasteiger partial charge is 0.465 e. The molecule has 3 aromatic rings. The third-order valence-electron chi connectivity index (χ3n) is 8.51. The standard InChI is InChI=1S/C35H45FN4O5/c1-4-5-6-7-8-9-10-11-20-45-34(43)28-15-13-19-38(24-28)32(41)31-33(42)39(23-27-14-12-16-29(36)22-27)35(44)40(37-31)30-18-17-25(2)26(3)21-30/h12,14,16-18,21-22,28H,4-11,13,15,19-20,23-24H2,1-3H3. The second kappa shape index (κ2) is 16.3. The van der Waals surface area contributed by atoms with E-state index in [-0.39, 0.29) is 19.1 Å². The molecule has 1 unspecified atom stereocenters. The molecule has 0 N–H and O–H groups in total. The first-order chi connectivity index (χ1) is 21.7. The van der Waals surface area contributed by atoms with E-state index in [1.165, 1.54) is 55.2 Å². The Bertz CT molecular complexity index is 1600. The summed E-state index contributed by atoms with van der Waals surface area (Å²) in [6.07, 6.45) is 10.3. The number of likely N-dealkylation sites (tertiary alicyclic amines) is 1. The van der Waals surface area contributed by atoms with Crippen LogP contribution in [0.25, 0.3) is 5.69 Å². The van der Waals surface area contributed by atoms with Gasteiger partial charge in [-0.05, 0) is 74.1 Å².